The van der Waals surface area contributed by atoms with Crippen molar-refractivity contribution in [1.29, 1.82) is 0 Å². The van der Waals surface area contributed by atoms with Gasteiger partial charge in [0.2, 0.25) is 0 Å². The molecule has 3 aliphatic rings. The normalized spacial score (nSPS) is 25.4. The van der Waals surface area contributed by atoms with Gasteiger partial charge >= 0.3 is 0 Å². The number of allylic oxidation sites excluding steroid dienone is 3. The van der Waals surface area contributed by atoms with E-state index in [-0.39, 0.29) is 17.4 Å². The molecule has 0 bridgehead atoms. The van der Waals surface area contributed by atoms with Crippen molar-refractivity contribution in [2.24, 2.45) is 38.9 Å². The van der Waals surface area contributed by atoms with E-state index in [0.29, 0.717) is 43.1 Å². The van der Waals surface area contributed by atoms with Crippen molar-refractivity contribution in [3.8, 4) is 0 Å². The van der Waals surface area contributed by atoms with Crippen LogP contribution >= 0.6 is 0 Å². The second kappa shape index (κ2) is 14.1. The maximum Gasteiger partial charge on any atom is 0.274 e. The summed E-state index contributed by atoms with van der Waals surface area (Å²) in [6, 6.07) is 8.50. The quantitative estimate of drug-likeness (QED) is 0.111. The van der Waals surface area contributed by atoms with E-state index >= 15 is 0 Å². The first kappa shape index (κ1) is 32.7. The number of carbonyl (C=O) groups is 1. The molecule has 0 aromatic heterocycles. The molecule has 1 spiro atoms. The van der Waals surface area contributed by atoms with Gasteiger partial charge in [0.05, 0.1) is 25.0 Å². The average molecular weight is 592 g/mol. The van der Waals surface area contributed by atoms with E-state index in [9.17, 15) is 4.79 Å². The number of hydrazine groups is 1. The summed E-state index contributed by atoms with van der Waals surface area (Å²) in [6.07, 6.45) is 10.5. The third-order valence-corrected chi connectivity index (χ3v) is 8.81. The van der Waals surface area contributed by atoms with Gasteiger partial charge in [0, 0.05) is 13.0 Å². The largest absolute Gasteiger partial charge is 0.498 e. The van der Waals surface area contributed by atoms with Crippen molar-refractivity contribution >= 4 is 17.5 Å². The van der Waals surface area contributed by atoms with Gasteiger partial charge in [-0.3, -0.25) is 9.79 Å². The van der Waals surface area contributed by atoms with Crippen molar-refractivity contribution in [2.45, 2.75) is 105 Å². The fraction of sp³-hybridized carbons (Fsp3) is 0.618. The zero-order chi connectivity index (χ0) is 31.2. The molecule has 0 saturated heterocycles. The van der Waals surface area contributed by atoms with Gasteiger partial charge in [-0.05, 0) is 78.6 Å². The van der Waals surface area contributed by atoms with Crippen LogP contribution < -0.4 is 22.4 Å². The average Bonchev–Trinajstić information content (AvgIpc) is 3.19. The van der Waals surface area contributed by atoms with Crippen molar-refractivity contribution in [3.63, 3.8) is 0 Å². The summed E-state index contributed by atoms with van der Waals surface area (Å²) in [5.41, 5.74) is 11.7. The SMILES string of the molecule is CC[C@H](c1ccc(CNC/C(N)=N/NN)cc1)N1C(=O)C(C2=CC=C(OCCC(C)(C)C)CC2)=NC12CC(C)CC(C)C2. The molecule has 1 fully saturated rings. The first-order valence-corrected chi connectivity index (χ1v) is 16.0. The number of aliphatic imine (C=N–C) groups is 1. The number of carbonyl (C=O) groups excluding carboxylic acids is 1. The van der Waals surface area contributed by atoms with Gasteiger partial charge in [-0.2, -0.15) is 5.10 Å². The highest BCUT2D eigenvalue weighted by Gasteiger charge is 2.53. The van der Waals surface area contributed by atoms with Crippen molar-refractivity contribution in [2.75, 3.05) is 13.2 Å². The van der Waals surface area contributed by atoms with Crippen LogP contribution in [0.5, 0.6) is 0 Å². The molecule has 4 rings (SSSR count). The maximum absolute atomic E-state index is 14.4. The number of rotatable bonds is 12. The molecule has 1 saturated carbocycles. The molecule has 6 N–H and O–H groups in total. The molecule has 1 heterocycles. The summed E-state index contributed by atoms with van der Waals surface area (Å²) in [5.74, 6) is 7.65. The second-order valence-corrected chi connectivity index (χ2v) is 14.0. The first-order valence-electron chi connectivity index (χ1n) is 16.0. The highest BCUT2D eigenvalue weighted by Crippen LogP contribution is 2.48. The fourth-order valence-corrected chi connectivity index (χ4v) is 6.90. The highest BCUT2D eigenvalue weighted by molar-refractivity contribution is 6.46. The van der Waals surface area contributed by atoms with Crippen LogP contribution in [0.25, 0.3) is 0 Å². The van der Waals surface area contributed by atoms with E-state index in [2.05, 4.69) is 98.8 Å². The minimum atomic E-state index is -0.508. The Hall–Kier alpha value is -3.17. The van der Waals surface area contributed by atoms with Crippen LogP contribution in [0.2, 0.25) is 0 Å². The van der Waals surface area contributed by atoms with Crippen LogP contribution in [-0.2, 0) is 16.1 Å². The van der Waals surface area contributed by atoms with E-state index in [1.54, 1.807) is 0 Å². The van der Waals surface area contributed by atoms with Crippen LogP contribution in [-0.4, -0.2) is 41.2 Å². The van der Waals surface area contributed by atoms with Gasteiger partial charge in [-0.1, -0.05) is 71.9 Å². The zero-order valence-electron chi connectivity index (χ0n) is 27.1. The molecule has 43 heavy (non-hydrogen) atoms. The molecule has 1 aromatic rings. The Labute approximate surface area is 258 Å². The highest BCUT2D eigenvalue weighted by atomic mass is 16.5. The van der Waals surface area contributed by atoms with Gasteiger partial charge < -0.3 is 20.7 Å². The van der Waals surface area contributed by atoms with Gasteiger partial charge in [-0.15, -0.1) is 0 Å². The molecular formula is C34H53N7O2. The molecule has 1 aromatic carbocycles. The van der Waals surface area contributed by atoms with E-state index < -0.39 is 5.66 Å². The number of amides is 1. The third-order valence-electron chi connectivity index (χ3n) is 8.81. The molecule has 9 heteroatoms. The molecule has 0 radical (unpaired) electrons. The van der Waals surface area contributed by atoms with Crippen LogP contribution in [0, 0.1) is 17.3 Å². The van der Waals surface area contributed by atoms with Crippen LogP contribution in [0.4, 0.5) is 0 Å². The van der Waals surface area contributed by atoms with Gasteiger partial charge in [0.25, 0.3) is 5.91 Å². The lowest BCUT2D eigenvalue weighted by atomic mass is 9.75. The van der Waals surface area contributed by atoms with Gasteiger partial charge in [0.15, 0.2) is 0 Å². The van der Waals surface area contributed by atoms with E-state index in [4.69, 9.17) is 21.3 Å². The fourth-order valence-electron chi connectivity index (χ4n) is 6.90. The summed E-state index contributed by atoms with van der Waals surface area (Å²) in [4.78, 5) is 21.9. The topological polar surface area (TPSA) is 130 Å². The Balaban J connectivity index is 1.56. The number of hydrogen-bond donors (Lipinski definition) is 4. The standard InChI is InChI=1S/C34H53N7O2/c1-7-29(26-10-8-25(9-11-26)21-37-22-30(35)39-40-36)41-32(42)31(38-34(41)19-23(2)18-24(3)20-34)27-12-14-28(15-13-27)43-17-16-33(4,5)6/h8-12,14,23-24,29,37,40H,7,13,15-22,36H2,1-6H3,(H2,35,39)/t23?,24?,29-,34?/m1/s1. The lowest BCUT2D eigenvalue weighted by Gasteiger charge is -2.47. The van der Waals surface area contributed by atoms with Crippen LogP contribution in [0.15, 0.2) is 57.8 Å². The van der Waals surface area contributed by atoms with Gasteiger partial charge in [0.1, 0.15) is 17.2 Å². The lowest BCUT2D eigenvalue weighted by Crippen LogP contribution is -2.52. The first-order chi connectivity index (χ1) is 20.4. The molecule has 1 amide bonds. The summed E-state index contributed by atoms with van der Waals surface area (Å²) in [6.45, 7) is 15.3. The Kier molecular flexibility index (Phi) is 10.7. The number of nitrogens with two attached hydrogens (primary N) is 2. The molecule has 9 nitrogen and oxygen atoms in total. The van der Waals surface area contributed by atoms with Crippen LogP contribution in [0.1, 0.15) is 104 Å². The maximum atomic E-state index is 14.4. The van der Waals surface area contributed by atoms with E-state index in [1.807, 2.05) is 0 Å². The Morgan fingerprint density at radius 2 is 1.86 bits per heavy atom. The minimum absolute atomic E-state index is 0.0531. The van der Waals surface area contributed by atoms with Gasteiger partial charge in [-0.25, -0.2) is 11.4 Å². The second-order valence-electron chi connectivity index (χ2n) is 14.0. The summed E-state index contributed by atoms with van der Waals surface area (Å²) in [7, 11) is 0. The number of ether oxygens (including phenoxy) is 1. The molecule has 1 aliphatic heterocycles. The minimum Gasteiger partial charge on any atom is -0.498 e. The Morgan fingerprint density at radius 1 is 1.16 bits per heavy atom. The number of nitrogens with zero attached hydrogens (tertiary/aromatic N) is 3. The van der Waals surface area contributed by atoms with Crippen molar-refractivity contribution in [1.82, 2.24) is 15.8 Å². The van der Waals surface area contributed by atoms with Crippen molar-refractivity contribution in [3.05, 3.63) is 58.9 Å². The molecule has 3 atom stereocenters. The number of nitrogens with one attached hydrogen (secondary N) is 2. The van der Waals surface area contributed by atoms with E-state index in [0.717, 1.165) is 61.0 Å². The molecule has 2 aliphatic carbocycles. The third kappa shape index (κ3) is 8.26. The summed E-state index contributed by atoms with van der Waals surface area (Å²) in [5, 5.41) is 7.04. The Morgan fingerprint density at radius 3 is 2.44 bits per heavy atom. The summed E-state index contributed by atoms with van der Waals surface area (Å²) < 4.78 is 6.08. The lowest BCUT2D eigenvalue weighted by molar-refractivity contribution is -0.134. The number of hydrogen-bond acceptors (Lipinski definition) is 7. The monoisotopic (exact) mass is 591 g/mol. The zero-order valence-corrected chi connectivity index (χ0v) is 27.1. The molecule has 2 unspecified atom stereocenters. The number of amidine groups is 1. The molecule has 236 valence electrons. The molecular weight excluding hydrogens is 538 g/mol. The predicted octanol–water partition coefficient (Wildman–Crippen LogP) is 5.46. The smallest absolute Gasteiger partial charge is 0.274 e. The summed E-state index contributed by atoms with van der Waals surface area (Å²) >= 11 is 0. The number of hydrazone groups is 1. The van der Waals surface area contributed by atoms with Crippen LogP contribution in [0.3, 0.4) is 0 Å². The number of benzene rings is 1. The van der Waals surface area contributed by atoms with E-state index in [1.165, 1.54) is 6.42 Å². The Bertz CT molecular complexity index is 1230. The van der Waals surface area contributed by atoms with Crippen molar-refractivity contribution < 1.29 is 9.53 Å². The predicted molar refractivity (Wildman–Crippen MR) is 175 cm³/mol.